The molecule has 2 N–H and O–H groups in total. The van der Waals surface area contributed by atoms with Gasteiger partial charge in [-0.2, -0.15) is 0 Å². The lowest BCUT2D eigenvalue weighted by Gasteiger charge is -2.35. The highest BCUT2D eigenvalue weighted by atomic mass is 16.7. The minimum Gasteiger partial charge on any atom is -0.386 e. The Balaban J connectivity index is 2.46. The van der Waals surface area contributed by atoms with Gasteiger partial charge in [0, 0.05) is 26.1 Å². The maximum atomic E-state index is 11.9. The molecule has 104 valence electrons. The van der Waals surface area contributed by atoms with E-state index in [9.17, 15) is 4.79 Å². The number of piperidine rings is 1. The summed E-state index contributed by atoms with van der Waals surface area (Å²) in [5.41, 5.74) is 5.73. The molecule has 0 radical (unpaired) electrons. The number of hydroxylamine groups is 2. The first-order chi connectivity index (χ1) is 8.45. The Kier molecular flexibility index (Phi) is 5.47. The van der Waals surface area contributed by atoms with Gasteiger partial charge in [-0.05, 0) is 25.2 Å². The average molecular weight is 255 g/mol. The molecule has 0 spiro atoms. The lowest BCUT2D eigenvalue weighted by atomic mass is 9.88. The average Bonchev–Trinajstić information content (AvgIpc) is 2.37. The number of amides is 1. The molecule has 1 fully saturated rings. The summed E-state index contributed by atoms with van der Waals surface area (Å²) in [5.74, 6) is 1.14. The summed E-state index contributed by atoms with van der Waals surface area (Å²) in [6.45, 7) is 7.61. The zero-order valence-corrected chi connectivity index (χ0v) is 11.7. The van der Waals surface area contributed by atoms with E-state index < -0.39 is 0 Å². The molecule has 18 heavy (non-hydrogen) atoms. The number of nitrogens with zero attached hydrogens (tertiary/aromatic N) is 2. The van der Waals surface area contributed by atoms with Crippen LogP contribution in [0.3, 0.4) is 0 Å². The Morgan fingerprint density at radius 1 is 1.67 bits per heavy atom. The SMILES string of the molecule is C=C(N)N1CCCC(CC(C)C(=O)N(C)OC)C1. The second-order valence-electron chi connectivity index (χ2n) is 5.10. The molecule has 0 aromatic rings. The lowest BCUT2D eigenvalue weighted by Crippen LogP contribution is -2.39. The van der Waals surface area contributed by atoms with Crippen molar-refractivity contribution in [3.63, 3.8) is 0 Å². The smallest absolute Gasteiger partial charge is 0.248 e. The third-order valence-corrected chi connectivity index (χ3v) is 3.62. The Hall–Kier alpha value is -1.23. The zero-order chi connectivity index (χ0) is 13.7. The maximum absolute atomic E-state index is 11.9. The molecule has 5 nitrogen and oxygen atoms in total. The number of rotatable bonds is 5. The summed E-state index contributed by atoms with van der Waals surface area (Å²) in [6.07, 6.45) is 3.14. The molecule has 5 heteroatoms. The molecule has 1 heterocycles. The third-order valence-electron chi connectivity index (χ3n) is 3.62. The van der Waals surface area contributed by atoms with Crippen LogP contribution in [0.15, 0.2) is 12.4 Å². The van der Waals surface area contributed by atoms with Crippen LogP contribution < -0.4 is 5.73 Å². The first kappa shape index (κ1) is 14.8. The van der Waals surface area contributed by atoms with Crippen LogP contribution in [0, 0.1) is 11.8 Å². The van der Waals surface area contributed by atoms with E-state index >= 15 is 0 Å². The fourth-order valence-electron chi connectivity index (χ4n) is 2.52. The van der Waals surface area contributed by atoms with E-state index in [1.54, 1.807) is 7.05 Å². The number of likely N-dealkylation sites (tertiary alicyclic amines) is 1. The van der Waals surface area contributed by atoms with Crippen molar-refractivity contribution in [3.05, 3.63) is 12.4 Å². The van der Waals surface area contributed by atoms with Crippen LogP contribution in [0.25, 0.3) is 0 Å². The van der Waals surface area contributed by atoms with Crippen LogP contribution in [0.5, 0.6) is 0 Å². The molecule has 0 saturated carbocycles. The van der Waals surface area contributed by atoms with Crippen molar-refractivity contribution in [1.29, 1.82) is 0 Å². The Labute approximate surface area is 110 Å². The fraction of sp³-hybridized carbons (Fsp3) is 0.769. The van der Waals surface area contributed by atoms with Crippen molar-refractivity contribution in [2.75, 3.05) is 27.2 Å². The number of carbonyl (C=O) groups is 1. The first-order valence-corrected chi connectivity index (χ1v) is 6.46. The number of carbonyl (C=O) groups excluding carboxylic acids is 1. The van der Waals surface area contributed by atoms with Gasteiger partial charge in [0.25, 0.3) is 0 Å². The van der Waals surface area contributed by atoms with E-state index in [-0.39, 0.29) is 11.8 Å². The second kappa shape index (κ2) is 6.64. The van der Waals surface area contributed by atoms with Crippen LogP contribution >= 0.6 is 0 Å². The predicted molar refractivity (Wildman–Crippen MR) is 71.2 cm³/mol. The zero-order valence-electron chi connectivity index (χ0n) is 11.7. The Morgan fingerprint density at radius 2 is 2.33 bits per heavy atom. The van der Waals surface area contributed by atoms with E-state index in [4.69, 9.17) is 10.6 Å². The highest BCUT2D eigenvalue weighted by Gasteiger charge is 2.25. The predicted octanol–water partition coefficient (Wildman–Crippen LogP) is 1.17. The van der Waals surface area contributed by atoms with Crippen molar-refractivity contribution in [1.82, 2.24) is 9.96 Å². The third kappa shape index (κ3) is 3.91. The Bertz CT molecular complexity index is 307. The van der Waals surface area contributed by atoms with Crippen molar-refractivity contribution in [3.8, 4) is 0 Å². The molecule has 0 bridgehead atoms. The number of nitrogens with two attached hydrogens (primary N) is 1. The normalized spacial score (nSPS) is 21.5. The van der Waals surface area contributed by atoms with Gasteiger partial charge in [-0.1, -0.05) is 13.5 Å². The van der Waals surface area contributed by atoms with Gasteiger partial charge < -0.3 is 10.6 Å². The second-order valence-corrected chi connectivity index (χ2v) is 5.10. The van der Waals surface area contributed by atoms with Gasteiger partial charge in [0.15, 0.2) is 0 Å². The van der Waals surface area contributed by atoms with Crippen molar-refractivity contribution < 1.29 is 9.63 Å². The molecule has 2 unspecified atom stereocenters. The van der Waals surface area contributed by atoms with Gasteiger partial charge in [-0.25, -0.2) is 5.06 Å². The molecular weight excluding hydrogens is 230 g/mol. The van der Waals surface area contributed by atoms with Crippen LogP contribution in [-0.2, 0) is 9.63 Å². The molecular formula is C13H25N3O2. The molecule has 1 saturated heterocycles. The van der Waals surface area contributed by atoms with Crippen LogP contribution in [-0.4, -0.2) is 43.1 Å². The summed E-state index contributed by atoms with van der Waals surface area (Å²) in [6, 6.07) is 0. The highest BCUT2D eigenvalue weighted by Crippen LogP contribution is 2.25. The first-order valence-electron chi connectivity index (χ1n) is 6.46. The summed E-state index contributed by atoms with van der Waals surface area (Å²) in [5, 5.41) is 1.30. The van der Waals surface area contributed by atoms with Crippen molar-refractivity contribution in [2.45, 2.75) is 26.2 Å². The molecule has 1 aliphatic rings. The largest absolute Gasteiger partial charge is 0.386 e. The standard InChI is InChI=1S/C13H25N3O2/c1-10(13(17)15(3)18-4)8-12-6-5-7-16(9-12)11(2)14/h10,12H,2,5-9,14H2,1,3-4H3. The summed E-state index contributed by atoms with van der Waals surface area (Å²) >= 11 is 0. The highest BCUT2D eigenvalue weighted by molar-refractivity contribution is 5.77. The van der Waals surface area contributed by atoms with E-state index in [0.29, 0.717) is 11.7 Å². The van der Waals surface area contributed by atoms with Gasteiger partial charge in [0.05, 0.1) is 12.9 Å². The van der Waals surface area contributed by atoms with Crippen LogP contribution in [0.2, 0.25) is 0 Å². The van der Waals surface area contributed by atoms with Gasteiger partial charge in [-0.15, -0.1) is 0 Å². The minimum absolute atomic E-state index is 0.0223. The van der Waals surface area contributed by atoms with E-state index in [2.05, 4.69) is 11.5 Å². The molecule has 0 aromatic heterocycles. The molecule has 1 rings (SSSR count). The van der Waals surface area contributed by atoms with Crippen LogP contribution in [0.4, 0.5) is 0 Å². The summed E-state index contributed by atoms with van der Waals surface area (Å²) in [7, 11) is 3.15. The monoisotopic (exact) mass is 255 g/mol. The minimum atomic E-state index is -0.0223. The number of hydrogen-bond acceptors (Lipinski definition) is 4. The van der Waals surface area contributed by atoms with E-state index in [1.807, 2.05) is 6.92 Å². The topological polar surface area (TPSA) is 58.8 Å². The molecule has 0 aromatic carbocycles. The van der Waals surface area contributed by atoms with Gasteiger partial charge >= 0.3 is 0 Å². The van der Waals surface area contributed by atoms with Crippen LogP contribution in [0.1, 0.15) is 26.2 Å². The lowest BCUT2D eigenvalue weighted by molar-refractivity contribution is -0.173. The molecule has 1 amide bonds. The molecule has 1 aliphatic heterocycles. The van der Waals surface area contributed by atoms with E-state index in [1.165, 1.54) is 12.2 Å². The Morgan fingerprint density at radius 3 is 2.89 bits per heavy atom. The van der Waals surface area contributed by atoms with Gasteiger partial charge in [0.1, 0.15) is 0 Å². The fourth-order valence-corrected chi connectivity index (χ4v) is 2.52. The molecule has 0 aliphatic carbocycles. The summed E-state index contributed by atoms with van der Waals surface area (Å²) in [4.78, 5) is 18.9. The number of hydrogen-bond donors (Lipinski definition) is 1. The van der Waals surface area contributed by atoms with Gasteiger partial charge in [0.2, 0.25) is 5.91 Å². The quantitative estimate of drug-likeness (QED) is 0.749. The van der Waals surface area contributed by atoms with Crippen molar-refractivity contribution in [2.24, 2.45) is 17.6 Å². The van der Waals surface area contributed by atoms with E-state index in [0.717, 1.165) is 32.4 Å². The maximum Gasteiger partial charge on any atom is 0.248 e. The molecule has 2 atom stereocenters. The summed E-state index contributed by atoms with van der Waals surface area (Å²) < 4.78 is 0. The van der Waals surface area contributed by atoms with Gasteiger partial charge in [-0.3, -0.25) is 9.63 Å². The van der Waals surface area contributed by atoms with Crippen molar-refractivity contribution >= 4 is 5.91 Å².